The summed E-state index contributed by atoms with van der Waals surface area (Å²) in [6, 6.07) is 9.89. The third-order valence-corrected chi connectivity index (χ3v) is 10.5. The molecule has 3 rings (SSSR count). The lowest BCUT2D eigenvalue weighted by molar-refractivity contribution is 0.322. The van der Waals surface area contributed by atoms with Gasteiger partial charge in [-0.25, -0.2) is 0 Å². The SMILES string of the molecule is COc1ccc([C@H]2O[C@@H]2c2cc(OC)c(OC)c(OC)c2)cc1O[Si](C)(C)C(C)(C)C. The van der Waals surface area contributed by atoms with Crippen molar-refractivity contribution in [1.82, 2.24) is 0 Å². The predicted molar refractivity (Wildman–Crippen MR) is 123 cm³/mol. The second kappa shape index (κ2) is 8.63. The van der Waals surface area contributed by atoms with Crippen LogP contribution < -0.4 is 23.4 Å². The Hall–Kier alpha value is -2.38. The zero-order valence-corrected chi connectivity index (χ0v) is 21.0. The first-order valence-electron chi connectivity index (χ1n) is 10.4. The van der Waals surface area contributed by atoms with Crippen LogP contribution in [0.15, 0.2) is 30.3 Å². The van der Waals surface area contributed by atoms with Crippen molar-refractivity contribution in [3.05, 3.63) is 41.5 Å². The first-order valence-corrected chi connectivity index (χ1v) is 13.3. The number of rotatable bonds is 8. The summed E-state index contributed by atoms with van der Waals surface area (Å²) < 4.78 is 34.6. The van der Waals surface area contributed by atoms with Gasteiger partial charge in [0.2, 0.25) is 5.75 Å². The summed E-state index contributed by atoms with van der Waals surface area (Å²) in [4.78, 5) is 0. The van der Waals surface area contributed by atoms with E-state index in [0.29, 0.717) is 17.2 Å². The zero-order valence-electron chi connectivity index (χ0n) is 20.0. The topological polar surface area (TPSA) is 58.7 Å². The minimum atomic E-state index is -2.01. The molecule has 0 aromatic heterocycles. The van der Waals surface area contributed by atoms with E-state index in [9.17, 15) is 0 Å². The van der Waals surface area contributed by atoms with Crippen LogP contribution in [0.25, 0.3) is 0 Å². The van der Waals surface area contributed by atoms with Crippen LogP contribution in [0, 0.1) is 0 Å². The lowest BCUT2D eigenvalue weighted by Gasteiger charge is -2.36. The minimum absolute atomic E-state index is 0.0736. The van der Waals surface area contributed by atoms with Crippen LogP contribution in [-0.2, 0) is 4.74 Å². The molecule has 1 fully saturated rings. The maximum Gasteiger partial charge on any atom is 0.250 e. The van der Waals surface area contributed by atoms with Gasteiger partial charge in [-0.1, -0.05) is 26.8 Å². The molecule has 0 saturated carbocycles. The molecule has 0 aliphatic carbocycles. The smallest absolute Gasteiger partial charge is 0.250 e. The van der Waals surface area contributed by atoms with E-state index < -0.39 is 8.32 Å². The van der Waals surface area contributed by atoms with E-state index in [1.54, 1.807) is 28.4 Å². The van der Waals surface area contributed by atoms with Gasteiger partial charge in [-0.15, -0.1) is 0 Å². The Morgan fingerprint density at radius 2 is 1.23 bits per heavy atom. The van der Waals surface area contributed by atoms with Crippen molar-refractivity contribution in [3.8, 4) is 28.7 Å². The van der Waals surface area contributed by atoms with Crippen molar-refractivity contribution in [2.45, 2.75) is 51.1 Å². The number of ether oxygens (including phenoxy) is 5. The van der Waals surface area contributed by atoms with Crippen LogP contribution in [0.4, 0.5) is 0 Å². The van der Waals surface area contributed by atoms with Crippen LogP contribution in [0.5, 0.6) is 28.7 Å². The second-order valence-electron chi connectivity index (χ2n) is 9.21. The monoisotopic (exact) mass is 446 g/mol. The lowest BCUT2D eigenvalue weighted by Crippen LogP contribution is -2.43. The molecule has 0 N–H and O–H groups in total. The highest BCUT2D eigenvalue weighted by molar-refractivity contribution is 6.74. The molecule has 6 nitrogen and oxygen atoms in total. The van der Waals surface area contributed by atoms with E-state index in [2.05, 4.69) is 33.9 Å². The van der Waals surface area contributed by atoms with Gasteiger partial charge >= 0.3 is 0 Å². The summed E-state index contributed by atoms with van der Waals surface area (Å²) in [6.07, 6.45) is -0.168. The van der Waals surface area contributed by atoms with Crippen LogP contribution >= 0.6 is 0 Å². The molecule has 0 unspecified atom stereocenters. The first-order chi connectivity index (χ1) is 14.6. The fraction of sp³-hybridized carbons (Fsp3) is 0.500. The van der Waals surface area contributed by atoms with Gasteiger partial charge in [0.1, 0.15) is 18.0 Å². The molecular weight excluding hydrogens is 412 g/mol. The van der Waals surface area contributed by atoms with Gasteiger partial charge < -0.3 is 28.1 Å². The van der Waals surface area contributed by atoms with E-state index in [-0.39, 0.29) is 17.2 Å². The van der Waals surface area contributed by atoms with Gasteiger partial charge in [-0.3, -0.25) is 0 Å². The summed E-state index contributed by atoms with van der Waals surface area (Å²) in [5, 5.41) is 0.0861. The largest absolute Gasteiger partial charge is 0.541 e. The van der Waals surface area contributed by atoms with Crippen LogP contribution in [0.1, 0.15) is 44.1 Å². The van der Waals surface area contributed by atoms with E-state index >= 15 is 0 Å². The highest BCUT2D eigenvalue weighted by Crippen LogP contribution is 2.54. The Morgan fingerprint density at radius 3 is 1.71 bits per heavy atom. The van der Waals surface area contributed by atoms with Crippen molar-refractivity contribution in [3.63, 3.8) is 0 Å². The van der Waals surface area contributed by atoms with E-state index in [4.69, 9.17) is 28.1 Å². The molecule has 31 heavy (non-hydrogen) atoms. The average Bonchev–Trinajstić information content (AvgIpc) is 3.52. The highest BCUT2D eigenvalue weighted by Gasteiger charge is 2.44. The Balaban J connectivity index is 1.89. The lowest BCUT2D eigenvalue weighted by atomic mass is 10.0. The Morgan fingerprint density at radius 1 is 0.710 bits per heavy atom. The first kappa shape index (κ1) is 23.3. The quantitative estimate of drug-likeness (QED) is 0.371. The highest BCUT2D eigenvalue weighted by atomic mass is 28.4. The summed E-state index contributed by atoms with van der Waals surface area (Å²) in [5.74, 6) is 3.30. The van der Waals surface area contributed by atoms with E-state index in [0.717, 1.165) is 22.6 Å². The third kappa shape index (κ3) is 4.62. The molecule has 1 aliphatic heterocycles. The number of hydrogen-bond acceptors (Lipinski definition) is 6. The van der Waals surface area contributed by atoms with Crippen molar-refractivity contribution < 1.29 is 28.1 Å². The Kier molecular flexibility index (Phi) is 6.48. The summed E-state index contributed by atoms with van der Waals surface area (Å²) in [5.41, 5.74) is 2.02. The minimum Gasteiger partial charge on any atom is -0.541 e. The van der Waals surface area contributed by atoms with Crippen molar-refractivity contribution in [1.29, 1.82) is 0 Å². The fourth-order valence-corrected chi connectivity index (χ4v) is 4.28. The van der Waals surface area contributed by atoms with Crippen molar-refractivity contribution >= 4 is 8.32 Å². The summed E-state index contributed by atoms with van der Waals surface area (Å²) >= 11 is 0. The molecule has 7 heteroatoms. The second-order valence-corrected chi connectivity index (χ2v) is 13.9. The molecule has 0 bridgehead atoms. The van der Waals surface area contributed by atoms with E-state index in [1.165, 1.54) is 0 Å². The molecule has 0 amide bonds. The molecular formula is C24H34O6Si. The Bertz CT molecular complexity index is 909. The van der Waals surface area contributed by atoms with Gasteiger partial charge in [0.15, 0.2) is 17.2 Å². The molecule has 2 atom stereocenters. The van der Waals surface area contributed by atoms with Gasteiger partial charge in [0.05, 0.1) is 28.4 Å². The zero-order chi connectivity index (χ0) is 23.0. The molecule has 0 radical (unpaired) electrons. The molecule has 170 valence electrons. The number of epoxide rings is 1. The summed E-state index contributed by atoms with van der Waals surface area (Å²) in [6.45, 7) is 11.1. The molecule has 2 aromatic rings. The van der Waals surface area contributed by atoms with Gasteiger partial charge in [-0.05, 0) is 53.5 Å². The van der Waals surface area contributed by atoms with Gasteiger partial charge in [0, 0.05) is 0 Å². The number of hydrogen-bond donors (Lipinski definition) is 0. The maximum absolute atomic E-state index is 6.55. The van der Waals surface area contributed by atoms with Crippen molar-refractivity contribution in [2.24, 2.45) is 0 Å². The van der Waals surface area contributed by atoms with Gasteiger partial charge in [0.25, 0.3) is 8.32 Å². The standard InChI is InChI=1S/C24H34O6Si/c1-24(2,3)31(8,9)30-18-12-15(10-11-17(18)25-4)21-22(29-21)16-13-19(26-5)23(28-7)20(14-16)27-6/h10-14,21-22H,1-9H3/t21-,22-/m1/s1. The normalized spacial score (nSPS) is 18.4. The maximum atomic E-state index is 6.55. The van der Waals surface area contributed by atoms with Crippen LogP contribution in [0.3, 0.4) is 0 Å². The fourth-order valence-electron chi connectivity index (χ4n) is 3.26. The van der Waals surface area contributed by atoms with Crippen molar-refractivity contribution in [2.75, 3.05) is 28.4 Å². The molecule has 2 aromatic carbocycles. The number of benzene rings is 2. The van der Waals surface area contributed by atoms with Crippen LogP contribution in [-0.4, -0.2) is 36.8 Å². The Labute approximate surface area is 186 Å². The molecule has 1 heterocycles. The van der Waals surface area contributed by atoms with Gasteiger partial charge in [-0.2, -0.15) is 0 Å². The molecule has 1 saturated heterocycles. The predicted octanol–water partition coefficient (Wildman–Crippen LogP) is 5.92. The van der Waals surface area contributed by atoms with Crippen LogP contribution in [0.2, 0.25) is 18.1 Å². The molecule has 1 aliphatic rings. The third-order valence-electron chi connectivity index (χ3n) is 6.19. The molecule has 0 spiro atoms. The summed E-state index contributed by atoms with van der Waals surface area (Å²) in [7, 11) is 4.47. The number of methoxy groups -OCH3 is 4. The van der Waals surface area contributed by atoms with E-state index in [1.807, 2.05) is 30.3 Å². The average molecular weight is 447 g/mol.